The molecule has 2 aliphatic rings. The molecule has 1 aliphatic heterocycles. The number of rotatable bonds is 7. The molecule has 3 rings (SSSR count). The van der Waals surface area contributed by atoms with Crippen molar-refractivity contribution in [3.05, 3.63) is 23.9 Å². The van der Waals surface area contributed by atoms with Crippen LogP contribution in [0, 0.1) is 5.92 Å². The van der Waals surface area contributed by atoms with Crippen LogP contribution in [0.15, 0.2) is 18.2 Å². The predicted molar refractivity (Wildman–Crippen MR) is 79.8 cm³/mol. The number of hydrogen-bond acceptors (Lipinski definition) is 4. The van der Waals surface area contributed by atoms with E-state index in [0.29, 0.717) is 11.9 Å². The average Bonchev–Trinajstić information content (AvgIpc) is 3.12. The van der Waals surface area contributed by atoms with Gasteiger partial charge in [0.25, 0.3) is 0 Å². The summed E-state index contributed by atoms with van der Waals surface area (Å²) in [6.45, 7) is 4.48. The highest BCUT2D eigenvalue weighted by Crippen LogP contribution is 2.30. The van der Waals surface area contributed by atoms with Crippen molar-refractivity contribution < 1.29 is 4.74 Å². The molecule has 1 atom stereocenters. The van der Waals surface area contributed by atoms with E-state index in [9.17, 15) is 0 Å². The van der Waals surface area contributed by atoms with Crippen LogP contribution in [0.4, 0.5) is 0 Å². The Kier molecular flexibility index (Phi) is 4.53. The highest BCUT2D eigenvalue weighted by molar-refractivity contribution is 5.15. The molecule has 4 nitrogen and oxygen atoms in total. The van der Waals surface area contributed by atoms with Crippen molar-refractivity contribution in [3.8, 4) is 5.88 Å². The van der Waals surface area contributed by atoms with Gasteiger partial charge in [-0.2, -0.15) is 0 Å². The number of pyridine rings is 1. The lowest BCUT2D eigenvalue weighted by atomic mass is 10.2. The summed E-state index contributed by atoms with van der Waals surface area (Å²) in [5.41, 5.74) is 1.11. The van der Waals surface area contributed by atoms with E-state index in [-0.39, 0.29) is 0 Å². The fraction of sp³-hybridized carbons (Fsp3) is 0.688. The van der Waals surface area contributed by atoms with Gasteiger partial charge in [0.05, 0.1) is 12.8 Å². The number of nitrogens with zero attached hydrogens (tertiary/aromatic N) is 2. The van der Waals surface area contributed by atoms with E-state index in [0.717, 1.165) is 24.7 Å². The van der Waals surface area contributed by atoms with Gasteiger partial charge in [-0.25, -0.2) is 4.98 Å². The molecule has 0 amide bonds. The summed E-state index contributed by atoms with van der Waals surface area (Å²) >= 11 is 0. The van der Waals surface area contributed by atoms with Crippen LogP contribution in [0.25, 0.3) is 0 Å². The van der Waals surface area contributed by atoms with E-state index in [1.807, 2.05) is 12.1 Å². The Hall–Kier alpha value is -1.13. The van der Waals surface area contributed by atoms with Gasteiger partial charge in [-0.15, -0.1) is 0 Å². The minimum absolute atomic E-state index is 0.666. The summed E-state index contributed by atoms with van der Waals surface area (Å²) in [6, 6.07) is 6.71. The van der Waals surface area contributed by atoms with Gasteiger partial charge in [0, 0.05) is 31.7 Å². The molecule has 1 saturated carbocycles. The lowest BCUT2D eigenvalue weighted by molar-refractivity contribution is 0.228. The third-order valence-corrected chi connectivity index (χ3v) is 4.23. The number of hydrogen-bond donors (Lipinski definition) is 1. The van der Waals surface area contributed by atoms with Crippen molar-refractivity contribution in [3.63, 3.8) is 0 Å². The molecule has 1 aliphatic carbocycles. The summed E-state index contributed by atoms with van der Waals surface area (Å²) in [5, 5.41) is 3.60. The van der Waals surface area contributed by atoms with Crippen LogP contribution >= 0.6 is 0 Å². The van der Waals surface area contributed by atoms with Gasteiger partial charge in [0.2, 0.25) is 5.88 Å². The Bertz CT molecular complexity index is 427. The summed E-state index contributed by atoms with van der Waals surface area (Å²) in [5.74, 6) is 1.63. The van der Waals surface area contributed by atoms with Crippen LogP contribution in [0.2, 0.25) is 0 Å². The lowest BCUT2D eigenvalue weighted by Crippen LogP contribution is -2.38. The monoisotopic (exact) mass is 275 g/mol. The van der Waals surface area contributed by atoms with Crippen molar-refractivity contribution >= 4 is 0 Å². The Balaban J connectivity index is 1.61. The molecule has 0 spiro atoms. The molecule has 0 radical (unpaired) electrons. The zero-order chi connectivity index (χ0) is 13.8. The minimum atomic E-state index is 0.666. The predicted octanol–water partition coefficient (Wildman–Crippen LogP) is 2.05. The van der Waals surface area contributed by atoms with Crippen LogP contribution < -0.4 is 10.1 Å². The molecule has 1 N–H and O–H groups in total. The Labute approximate surface area is 121 Å². The highest BCUT2D eigenvalue weighted by Gasteiger charge is 2.26. The van der Waals surface area contributed by atoms with Crippen LogP contribution in [0.5, 0.6) is 5.88 Å². The second-order valence-electron chi connectivity index (χ2n) is 6.10. The number of nitrogens with one attached hydrogen (secondary N) is 1. The maximum Gasteiger partial charge on any atom is 0.213 e. The first-order chi connectivity index (χ1) is 9.83. The molecule has 20 heavy (non-hydrogen) atoms. The van der Waals surface area contributed by atoms with E-state index < -0.39 is 0 Å². The maximum atomic E-state index is 5.22. The molecule has 0 aromatic carbocycles. The zero-order valence-corrected chi connectivity index (χ0v) is 12.3. The van der Waals surface area contributed by atoms with Crippen molar-refractivity contribution in [2.24, 2.45) is 5.92 Å². The second-order valence-corrected chi connectivity index (χ2v) is 6.10. The van der Waals surface area contributed by atoms with E-state index >= 15 is 0 Å². The quantitative estimate of drug-likeness (QED) is 0.826. The standard InChI is InChI=1S/C16H25N3O/c1-20-16-6-2-4-15(18-16)12-19(10-13-7-8-13)11-14-5-3-9-17-14/h2,4,6,13-14,17H,3,5,7-12H2,1H3. The SMILES string of the molecule is COc1cccc(CN(CC2CC2)CC2CCCN2)n1. The van der Waals surface area contributed by atoms with Crippen LogP contribution in [-0.2, 0) is 6.54 Å². The second kappa shape index (κ2) is 6.55. The van der Waals surface area contributed by atoms with E-state index in [4.69, 9.17) is 4.74 Å². The molecular formula is C16H25N3O. The highest BCUT2D eigenvalue weighted by atomic mass is 16.5. The van der Waals surface area contributed by atoms with Gasteiger partial charge in [-0.3, -0.25) is 4.90 Å². The van der Waals surface area contributed by atoms with Gasteiger partial charge < -0.3 is 10.1 Å². The average molecular weight is 275 g/mol. The van der Waals surface area contributed by atoms with Gasteiger partial charge in [0.1, 0.15) is 0 Å². The third kappa shape index (κ3) is 3.93. The number of ether oxygens (including phenoxy) is 1. The van der Waals surface area contributed by atoms with Crippen LogP contribution in [0.1, 0.15) is 31.4 Å². The van der Waals surface area contributed by atoms with Gasteiger partial charge in [-0.1, -0.05) is 6.07 Å². The number of aromatic nitrogens is 1. The van der Waals surface area contributed by atoms with E-state index in [1.165, 1.54) is 38.8 Å². The zero-order valence-electron chi connectivity index (χ0n) is 12.3. The third-order valence-electron chi connectivity index (χ3n) is 4.23. The molecule has 0 bridgehead atoms. The fourth-order valence-corrected chi connectivity index (χ4v) is 2.98. The van der Waals surface area contributed by atoms with Crippen molar-refractivity contribution in [1.82, 2.24) is 15.2 Å². The first-order valence-electron chi connectivity index (χ1n) is 7.79. The molecule has 1 aromatic rings. The summed E-state index contributed by atoms with van der Waals surface area (Å²) in [4.78, 5) is 7.12. The molecular weight excluding hydrogens is 250 g/mol. The first kappa shape index (κ1) is 13.8. The van der Waals surface area contributed by atoms with Gasteiger partial charge in [-0.05, 0) is 44.2 Å². The Morgan fingerprint density at radius 2 is 2.20 bits per heavy atom. The van der Waals surface area contributed by atoms with Crippen LogP contribution in [-0.4, -0.2) is 42.7 Å². The molecule has 1 unspecified atom stereocenters. The van der Waals surface area contributed by atoms with Crippen molar-refractivity contribution in [2.75, 3.05) is 26.7 Å². The topological polar surface area (TPSA) is 37.4 Å². The smallest absolute Gasteiger partial charge is 0.213 e. The van der Waals surface area contributed by atoms with E-state index in [2.05, 4.69) is 21.3 Å². The van der Waals surface area contributed by atoms with E-state index in [1.54, 1.807) is 7.11 Å². The summed E-state index contributed by atoms with van der Waals surface area (Å²) in [6.07, 6.45) is 5.44. The largest absolute Gasteiger partial charge is 0.481 e. The van der Waals surface area contributed by atoms with Crippen molar-refractivity contribution in [2.45, 2.75) is 38.3 Å². The Morgan fingerprint density at radius 1 is 1.30 bits per heavy atom. The van der Waals surface area contributed by atoms with Gasteiger partial charge in [0.15, 0.2) is 0 Å². The maximum absolute atomic E-state index is 5.22. The minimum Gasteiger partial charge on any atom is -0.481 e. The molecule has 110 valence electrons. The van der Waals surface area contributed by atoms with Gasteiger partial charge >= 0.3 is 0 Å². The normalized spacial score (nSPS) is 22.4. The lowest BCUT2D eigenvalue weighted by Gasteiger charge is -2.25. The molecule has 2 heterocycles. The summed E-state index contributed by atoms with van der Waals surface area (Å²) < 4.78 is 5.22. The molecule has 1 aromatic heterocycles. The first-order valence-corrected chi connectivity index (χ1v) is 7.79. The molecule has 2 fully saturated rings. The fourth-order valence-electron chi connectivity index (χ4n) is 2.98. The summed E-state index contributed by atoms with van der Waals surface area (Å²) in [7, 11) is 1.68. The molecule has 1 saturated heterocycles. The molecule has 4 heteroatoms. The van der Waals surface area contributed by atoms with Crippen LogP contribution in [0.3, 0.4) is 0 Å². The van der Waals surface area contributed by atoms with Crippen molar-refractivity contribution in [1.29, 1.82) is 0 Å². The Morgan fingerprint density at radius 3 is 2.90 bits per heavy atom. The number of methoxy groups -OCH3 is 1.